The molecule has 2 heteroatoms. The van der Waals surface area contributed by atoms with Gasteiger partial charge in [-0.1, -0.05) is 30.4 Å². The zero-order chi connectivity index (χ0) is 10.8. The van der Waals surface area contributed by atoms with E-state index in [1.807, 2.05) is 7.05 Å². The maximum absolute atomic E-state index is 4.03. The molecule has 0 spiro atoms. The monoisotopic (exact) mass is 217 g/mol. The van der Waals surface area contributed by atoms with Crippen LogP contribution in [0.25, 0.3) is 10.1 Å². The second-order valence-electron chi connectivity index (χ2n) is 3.76. The van der Waals surface area contributed by atoms with Crippen LogP contribution in [0.4, 0.5) is 0 Å². The van der Waals surface area contributed by atoms with Gasteiger partial charge in [0.15, 0.2) is 0 Å². The molecule has 0 saturated carbocycles. The van der Waals surface area contributed by atoms with Gasteiger partial charge in [-0.05, 0) is 36.4 Å². The van der Waals surface area contributed by atoms with E-state index < -0.39 is 0 Å². The lowest BCUT2D eigenvalue weighted by Crippen LogP contribution is -2.16. The van der Waals surface area contributed by atoms with Crippen molar-refractivity contribution in [3.8, 4) is 0 Å². The highest BCUT2D eigenvalue weighted by molar-refractivity contribution is 7.17. The van der Waals surface area contributed by atoms with E-state index in [1.54, 1.807) is 11.3 Å². The molecule has 1 aromatic heterocycles. The van der Waals surface area contributed by atoms with E-state index in [1.165, 1.54) is 15.6 Å². The standard InChI is InChI=1S/C13H15NS/c1-9(2)13(14-3)11-8-15-12-7-5-4-6-10(11)12/h4-8,13-14H,1H2,2-3H3. The number of hydrogen-bond donors (Lipinski definition) is 1. The molecule has 1 N–H and O–H groups in total. The molecule has 0 bridgehead atoms. The van der Waals surface area contributed by atoms with E-state index in [0.29, 0.717) is 0 Å². The van der Waals surface area contributed by atoms with E-state index in [9.17, 15) is 0 Å². The van der Waals surface area contributed by atoms with E-state index >= 15 is 0 Å². The average Bonchev–Trinajstić information content (AvgIpc) is 2.63. The summed E-state index contributed by atoms with van der Waals surface area (Å²) in [6.45, 7) is 6.09. The van der Waals surface area contributed by atoms with Crippen molar-refractivity contribution in [2.75, 3.05) is 7.05 Å². The molecule has 0 saturated heterocycles. The van der Waals surface area contributed by atoms with E-state index in [0.717, 1.165) is 5.57 Å². The topological polar surface area (TPSA) is 12.0 Å². The van der Waals surface area contributed by atoms with E-state index in [-0.39, 0.29) is 6.04 Å². The summed E-state index contributed by atoms with van der Waals surface area (Å²) in [4.78, 5) is 0. The van der Waals surface area contributed by atoms with Crippen LogP contribution in [0.15, 0.2) is 41.8 Å². The van der Waals surface area contributed by atoms with Crippen molar-refractivity contribution >= 4 is 21.4 Å². The summed E-state index contributed by atoms with van der Waals surface area (Å²) in [5, 5.41) is 6.86. The molecule has 1 atom stereocenters. The molecule has 15 heavy (non-hydrogen) atoms. The van der Waals surface area contributed by atoms with E-state index in [4.69, 9.17) is 0 Å². The molecular formula is C13H15NS. The summed E-state index contributed by atoms with van der Waals surface area (Å²) in [6.07, 6.45) is 0. The molecule has 1 unspecified atom stereocenters. The Balaban J connectivity index is 2.55. The maximum Gasteiger partial charge on any atom is 0.0542 e. The van der Waals surface area contributed by atoms with Crippen molar-refractivity contribution in [1.82, 2.24) is 5.32 Å². The molecule has 0 aliphatic rings. The lowest BCUT2D eigenvalue weighted by atomic mass is 10.0. The van der Waals surface area contributed by atoms with Gasteiger partial charge in [-0.25, -0.2) is 0 Å². The van der Waals surface area contributed by atoms with Crippen LogP contribution in [-0.4, -0.2) is 7.05 Å². The smallest absolute Gasteiger partial charge is 0.0542 e. The second kappa shape index (κ2) is 4.17. The van der Waals surface area contributed by atoms with Crippen molar-refractivity contribution < 1.29 is 0 Å². The van der Waals surface area contributed by atoms with Crippen LogP contribution in [-0.2, 0) is 0 Å². The lowest BCUT2D eigenvalue weighted by molar-refractivity contribution is 0.686. The summed E-state index contributed by atoms with van der Waals surface area (Å²) in [7, 11) is 1.98. The fourth-order valence-electron chi connectivity index (χ4n) is 1.89. The second-order valence-corrected chi connectivity index (χ2v) is 4.67. The van der Waals surface area contributed by atoms with Crippen molar-refractivity contribution in [3.05, 3.63) is 47.4 Å². The van der Waals surface area contributed by atoms with Crippen LogP contribution < -0.4 is 5.32 Å². The summed E-state index contributed by atoms with van der Waals surface area (Å²) < 4.78 is 1.34. The SMILES string of the molecule is C=C(C)C(NC)c1csc2ccccc12. The summed E-state index contributed by atoms with van der Waals surface area (Å²) in [6, 6.07) is 8.77. The normalized spacial score (nSPS) is 12.9. The number of likely N-dealkylation sites (N-methyl/N-ethyl adjacent to an activating group) is 1. The number of rotatable bonds is 3. The molecule has 1 heterocycles. The zero-order valence-corrected chi connectivity index (χ0v) is 9.90. The zero-order valence-electron chi connectivity index (χ0n) is 9.08. The van der Waals surface area contributed by atoms with Gasteiger partial charge in [0.1, 0.15) is 0 Å². The van der Waals surface area contributed by atoms with Gasteiger partial charge in [0, 0.05) is 4.70 Å². The van der Waals surface area contributed by atoms with E-state index in [2.05, 4.69) is 48.5 Å². The average molecular weight is 217 g/mol. The van der Waals surface area contributed by atoms with Crippen LogP contribution in [0, 0.1) is 0 Å². The first kappa shape index (κ1) is 10.4. The molecule has 0 amide bonds. The van der Waals surface area contributed by atoms with Gasteiger partial charge in [-0.15, -0.1) is 11.3 Å². The molecule has 0 radical (unpaired) electrons. The van der Waals surface area contributed by atoms with Crippen molar-refractivity contribution in [2.24, 2.45) is 0 Å². The van der Waals surface area contributed by atoms with Gasteiger partial charge in [-0.2, -0.15) is 0 Å². The fraction of sp³-hybridized carbons (Fsp3) is 0.231. The molecule has 0 aliphatic carbocycles. The predicted octanol–water partition coefficient (Wildman–Crippen LogP) is 3.74. The van der Waals surface area contributed by atoms with Gasteiger partial charge >= 0.3 is 0 Å². The first-order valence-corrected chi connectivity index (χ1v) is 5.91. The fourth-order valence-corrected chi connectivity index (χ4v) is 2.88. The summed E-state index contributed by atoms with van der Waals surface area (Å²) in [5.74, 6) is 0. The Labute approximate surface area is 94.4 Å². The third-order valence-corrected chi connectivity index (χ3v) is 3.59. The highest BCUT2D eigenvalue weighted by atomic mass is 32.1. The minimum absolute atomic E-state index is 0.265. The molecule has 2 aromatic rings. The predicted molar refractivity (Wildman–Crippen MR) is 68.4 cm³/mol. The minimum Gasteiger partial charge on any atom is -0.310 e. The Morgan fingerprint density at radius 2 is 2.13 bits per heavy atom. The number of nitrogens with one attached hydrogen (secondary N) is 1. The van der Waals surface area contributed by atoms with Crippen molar-refractivity contribution in [1.29, 1.82) is 0 Å². The highest BCUT2D eigenvalue weighted by Crippen LogP contribution is 2.32. The van der Waals surface area contributed by atoms with Gasteiger partial charge in [-0.3, -0.25) is 0 Å². The van der Waals surface area contributed by atoms with Gasteiger partial charge in [0.2, 0.25) is 0 Å². The lowest BCUT2D eigenvalue weighted by Gasteiger charge is -2.15. The van der Waals surface area contributed by atoms with Crippen molar-refractivity contribution in [2.45, 2.75) is 13.0 Å². The molecule has 0 fully saturated rings. The third-order valence-electron chi connectivity index (χ3n) is 2.60. The summed E-state index contributed by atoms with van der Waals surface area (Å²) >= 11 is 1.79. The van der Waals surface area contributed by atoms with Crippen molar-refractivity contribution in [3.63, 3.8) is 0 Å². The third kappa shape index (κ3) is 1.83. The molecule has 78 valence electrons. The molecule has 1 nitrogen and oxygen atoms in total. The van der Waals surface area contributed by atoms with Crippen LogP contribution >= 0.6 is 11.3 Å². The summed E-state index contributed by atoms with van der Waals surface area (Å²) in [5.41, 5.74) is 2.49. The Hall–Kier alpha value is -1.12. The molecule has 0 aliphatic heterocycles. The highest BCUT2D eigenvalue weighted by Gasteiger charge is 2.13. The molecule has 2 rings (SSSR count). The first-order chi connectivity index (χ1) is 7.24. The maximum atomic E-state index is 4.03. The Bertz CT molecular complexity index is 484. The molecule has 1 aromatic carbocycles. The number of fused-ring (bicyclic) bond motifs is 1. The first-order valence-electron chi connectivity index (χ1n) is 5.03. The Morgan fingerprint density at radius 1 is 1.40 bits per heavy atom. The van der Waals surface area contributed by atoms with Gasteiger partial charge in [0.05, 0.1) is 6.04 Å². The largest absolute Gasteiger partial charge is 0.310 e. The number of thiophene rings is 1. The number of hydrogen-bond acceptors (Lipinski definition) is 2. The quantitative estimate of drug-likeness (QED) is 0.772. The van der Waals surface area contributed by atoms with Crippen LogP contribution in [0.5, 0.6) is 0 Å². The van der Waals surface area contributed by atoms with Gasteiger partial charge in [0.25, 0.3) is 0 Å². The van der Waals surface area contributed by atoms with Crippen LogP contribution in [0.3, 0.4) is 0 Å². The van der Waals surface area contributed by atoms with Crippen LogP contribution in [0.2, 0.25) is 0 Å². The minimum atomic E-state index is 0.265. The Morgan fingerprint density at radius 3 is 2.80 bits per heavy atom. The number of benzene rings is 1. The Kier molecular flexibility index (Phi) is 2.89. The van der Waals surface area contributed by atoms with Crippen LogP contribution in [0.1, 0.15) is 18.5 Å². The molecular weight excluding hydrogens is 202 g/mol. The van der Waals surface area contributed by atoms with Gasteiger partial charge < -0.3 is 5.32 Å².